The molecule has 0 aliphatic carbocycles. The highest BCUT2D eigenvalue weighted by molar-refractivity contribution is 8.00. The maximum absolute atomic E-state index is 5.01. The van der Waals surface area contributed by atoms with Crippen molar-refractivity contribution in [2.24, 2.45) is 0 Å². The lowest BCUT2D eigenvalue weighted by Crippen LogP contribution is -1.91. The molecular formula is C11H14S2. The van der Waals surface area contributed by atoms with Crippen LogP contribution in [-0.4, -0.2) is 10.6 Å². The lowest BCUT2D eigenvalue weighted by Gasteiger charge is -2.01. The number of aryl methyl sites for hydroxylation is 1. The van der Waals surface area contributed by atoms with Crippen molar-refractivity contribution < 1.29 is 0 Å². The molecule has 0 fully saturated rings. The van der Waals surface area contributed by atoms with Crippen molar-refractivity contribution in [3.05, 3.63) is 35.4 Å². The van der Waals surface area contributed by atoms with Gasteiger partial charge in [-0.15, -0.1) is 0 Å². The first-order chi connectivity index (χ1) is 6.18. The Morgan fingerprint density at radius 3 is 2.46 bits per heavy atom. The number of thioether (sulfide) groups is 1. The summed E-state index contributed by atoms with van der Waals surface area (Å²) in [4.78, 5) is 1.08. The van der Waals surface area contributed by atoms with Gasteiger partial charge in [-0.2, -0.15) is 11.8 Å². The molecular weight excluding hydrogens is 196 g/mol. The van der Waals surface area contributed by atoms with Crippen LogP contribution in [0.4, 0.5) is 0 Å². The Balaban J connectivity index is 2.37. The Labute approximate surface area is 89.7 Å². The van der Waals surface area contributed by atoms with Crippen LogP contribution < -0.4 is 0 Å². The molecule has 0 nitrogen and oxygen atoms in total. The van der Waals surface area contributed by atoms with Crippen molar-refractivity contribution in [2.45, 2.75) is 19.6 Å². The van der Waals surface area contributed by atoms with E-state index in [1.54, 1.807) is 0 Å². The molecule has 0 aliphatic rings. The van der Waals surface area contributed by atoms with E-state index in [9.17, 15) is 0 Å². The molecule has 0 radical (unpaired) electrons. The molecule has 0 heterocycles. The van der Waals surface area contributed by atoms with E-state index in [0.29, 0.717) is 0 Å². The summed E-state index contributed by atoms with van der Waals surface area (Å²) in [5.41, 5.74) is 2.70. The molecule has 1 rings (SSSR count). The highest BCUT2D eigenvalue weighted by Crippen LogP contribution is 2.12. The molecule has 1 aromatic rings. The van der Waals surface area contributed by atoms with Gasteiger partial charge >= 0.3 is 0 Å². The largest absolute Gasteiger partial charge is 0.152 e. The molecule has 13 heavy (non-hydrogen) atoms. The van der Waals surface area contributed by atoms with Crippen LogP contribution in [0.1, 0.15) is 18.1 Å². The minimum atomic E-state index is 0.989. The molecule has 0 bridgehead atoms. The molecule has 0 aliphatic heterocycles. The molecule has 0 saturated carbocycles. The van der Waals surface area contributed by atoms with Crippen LogP contribution in [0, 0.1) is 6.92 Å². The molecule has 0 N–H and O–H groups in total. The second kappa shape index (κ2) is 5.40. The molecule has 0 atom stereocenters. The zero-order chi connectivity index (χ0) is 9.68. The average molecular weight is 210 g/mol. The van der Waals surface area contributed by atoms with Crippen molar-refractivity contribution in [3.8, 4) is 0 Å². The van der Waals surface area contributed by atoms with E-state index in [-0.39, 0.29) is 0 Å². The Bertz CT molecular complexity index is 275. The molecule has 2 heteroatoms. The Kier molecular flexibility index (Phi) is 4.46. The summed E-state index contributed by atoms with van der Waals surface area (Å²) in [5, 5.41) is 0. The van der Waals surface area contributed by atoms with Gasteiger partial charge in [0.1, 0.15) is 0 Å². The second-order valence-electron chi connectivity index (χ2n) is 3.18. The second-order valence-corrected chi connectivity index (χ2v) is 4.86. The van der Waals surface area contributed by atoms with Crippen molar-refractivity contribution in [2.75, 3.05) is 5.75 Å². The maximum Gasteiger partial charge on any atom is 0.0248 e. The Hall–Kier alpha value is -0.340. The van der Waals surface area contributed by atoms with Crippen molar-refractivity contribution in [1.82, 2.24) is 0 Å². The summed E-state index contributed by atoms with van der Waals surface area (Å²) in [5.74, 6) is 2.05. The van der Waals surface area contributed by atoms with E-state index < -0.39 is 0 Å². The van der Waals surface area contributed by atoms with Gasteiger partial charge < -0.3 is 0 Å². The number of thiocarbonyl (C=S) groups is 1. The van der Waals surface area contributed by atoms with E-state index >= 15 is 0 Å². The molecule has 0 aromatic heterocycles. The third kappa shape index (κ3) is 4.44. The summed E-state index contributed by atoms with van der Waals surface area (Å²) in [6.07, 6.45) is 0. The predicted molar refractivity (Wildman–Crippen MR) is 65.6 cm³/mol. The minimum absolute atomic E-state index is 0.989. The number of hydrogen-bond acceptors (Lipinski definition) is 2. The molecule has 0 spiro atoms. The van der Waals surface area contributed by atoms with Crippen molar-refractivity contribution >= 4 is 28.8 Å². The topological polar surface area (TPSA) is 0 Å². The molecule has 0 amide bonds. The fourth-order valence-electron chi connectivity index (χ4n) is 0.997. The fourth-order valence-corrected chi connectivity index (χ4v) is 2.06. The van der Waals surface area contributed by atoms with Gasteiger partial charge in [0.15, 0.2) is 0 Å². The summed E-state index contributed by atoms with van der Waals surface area (Å²) >= 11 is 6.89. The normalized spacial score (nSPS) is 10.0. The maximum atomic E-state index is 5.01. The van der Waals surface area contributed by atoms with Gasteiger partial charge in [0, 0.05) is 11.5 Å². The van der Waals surface area contributed by atoms with Crippen molar-refractivity contribution in [1.29, 1.82) is 0 Å². The molecule has 1 aromatic carbocycles. The van der Waals surface area contributed by atoms with E-state index in [2.05, 4.69) is 31.2 Å². The van der Waals surface area contributed by atoms with Gasteiger partial charge in [0.2, 0.25) is 0 Å². The summed E-state index contributed by atoms with van der Waals surface area (Å²) in [6, 6.07) is 8.67. The van der Waals surface area contributed by atoms with Crippen LogP contribution in [0.2, 0.25) is 0 Å². The van der Waals surface area contributed by atoms with Gasteiger partial charge in [0.25, 0.3) is 0 Å². The zero-order valence-electron chi connectivity index (χ0n) is 8.04. The van der Waals surface area contributed by atoms with Gasteiger partial charge in [-0.05, 0) is 24.3 Å². The van der Waals surface area contributed by atoms with Crippen LogP contribution >= 0.6 is 24.0 Å². The minimum Gasteiger partial charge on any atom is -0.152 e. The van der Waals surface area contributed by atoms with Gasteiger partial charge in [-0.3, -0.25) is 0 Å². The Morgan fingerprint density at radius 2 is 1.92 bits per heavy atom. The number of hydrogen-bond donors (Lipinski definition) is 0. The van der Waals surface area contributed by atoms with Crippen LogP contribution in [0.3, 0.4) is 0 Å². The zero-order valence-corrected chi connectivity index (χ0v) is 9.67. The Morgan fingerprint density at radius 1 is 1.31 bits per heavy atom. The van der Waals surface area contributed by atoms with Crippen LogP contribution in [-0.2, 0) is 5.75 Å². The first-order valence-electron chi connectivity index (χ1n) is 4.31. The van der Waals surface area contributed by atoms with E-state index in [1.165, 1.54) is 11.1 Å². The number of rotatable bonds is 4. The standard InChI is InChI=1S/C11H14S2/c1-9-3-5-11(6-4-9)8-13-7-10(2)12/h3-6H,7-8H2,1-2H3. The number of benzene rings is 1. The monoisotopic (exact) mass is 210 g/mol. The predicted octanol–water partition coefficient (Wildman–Crippen LogP) is 3.62. The summed E-state index contributed by atoms with van der Waals surface area (Å²) < 4.78 is 0. The first-order valence-corrected chi connectivity index (χ1v) is 5.87. The summed E-state index contributed by atoms with van der Waals surface area (Å²) in [6.45, 7) is 4.11. The van der Waals surface area contributed by atoms with Gasteiger partial charge in [-0.1, -0.05) is 42.0 Å². The van der Waals surface area contributed by atoms with Crippen molar-refractivity contribution in [3.63, 3.8) is 0 Å². The highest BCUT2D eigenvalue weighted by Gasteiger charge is 1.93. The molecule has 0 saturated heterocycles. The van der Waals surface area contributed by atoms with E-state index in [1.807, 2.05) is 18.7 Å². The van der Waals surface area contributed by atoms with Crippen LogP contribution in [0.25, 0.3) is 0 Å². The smallest absolute Gasteiger partial charge is 0.0248 e. The third-order valence-electron chi connectivity index (χ3n) is 1.69. The van der Waals surface area contributed by atoms with E-state index in [0.717, 1.165) is 16.4 Å². The lowest BCUT2D eigenvalue weighted by molar-refractivity contribution is 1.37. The van der Waals surface area contributed by atoms with Crippen LogP contribution in [0.15, 0.2) is 24.3 Å². The summed E-state index contributed by atoms with van der Waals surface area (Å²) in [7, 11) is 0. The fraction of sp³-hybridized carbons (Fsp3) is 0.364. The lowest BCUT2D eigenvalue weighted by atomic mass is 10.2. The van der Waals surface area contributed by atoms with E-state index in [4.69, 9.17) is 12.2 Å². The van der Waals surface area contributed by atoms with Gasteiger partial charge in [-0.25, -0.2) is 0 Å². The molecule has 0 unspecified atom stereocenters. The first kappa shape index (κ1) is 10.7. The quantitative estimate of drug-likeness (QED) is 0.696. The highest BCUT2D eigenvalue weighted by atomic mass is 32.2. The average Bonchev–Trinajstić information content (AvgIpc) is 2.08. The molecule has 70 valence electrons. The van der Waals surface area contributed by atoms with Crippen LogP contribution in [0.5, 0.6) is 0 Å². The SMILES string of the molecule is CC(=S)CSCc1ccc(C)cc1. The third-order valence-corrected chi connectivity index (χ3v) is 3.20. The van der Waals surface area contributed by atoms with Gasteiger partial charge in [0.05, 0.1) is 0 Å².